The number of nitriles is 1. The number of hydrogen-bond donors (Lipinski definition) is 1. The van der Waals surface area contributed by atoms with Crippen LogP contribution in [-0.4, -0.2) is 6.54 Å². The molecule has 0 unspecified atom stereocenters. The first-order valence-electron chi connectivity index (χ1n) is 7.38. The van der Waals surface area contributed by atoms with Gasteiger partial charge in [0.15, 0.2) is 0 Å². The zero-order valence-electron chi connectivity index (χ0n) is 12.8. The summed E-state index contributed by atoms with van der Waals surface area (Å²) in [6, 6.07) is 21.2. The average Bonchev–Trinajstić information content (AvgIpc) is 2.50. The van der Waals surface area contributed by atoms with Crippen molar-refractivity contribution in [2.45, 2.75) is 26.7 Å². The summed E-state index contributed by atoms with van der Waals surface area (Å²) in [5.74, 6) is 0. The van der Waals surface area contributed by atoms with Crippen LogP contribution in [0.5, 0.6) is 0 Å². The normalized spacial score (nSPS) is 10.9. The molecule has 0 fully saturated rings. The van der Waals surface area contributed by atoms with Crippen molar-refractivity contribution < 1.29 is 0 Å². The minimum Gasteiger partial charge on any atom is -0.385 e. The maximum atomic E-state index is 9.06. The van der Waals surface area contributed by atoms with Crippen LogP contribution in [0.15, 0.2) is 54.6 Å². The van der Waals surface area contributed by atoms with E-state index in [-0.39, 0.29) is 5.41 Å². The van der Waals surface area contributed by atoms with Crippen LogP contribution in [0, 0.1) is 16.7 Å². The first-order chi connectivity index (χ1) is 10.1. The number of hydrogen-bond acceptors (Lipinski definition) is 2. The maximum Gasteiger partial charge on any atom is 0.0684 e. The van der Waals surface area contributed by atoms with E-state index in [1.54, 1.807) is 0 Å². The molecule has 0 amide bonds. The molecule has 0 aromatic heterocycles. The van der Waals surface area contributed by atoms with Crippen LogP contribution >= 0.6 is 0 Å². The number of para-hydroxylation sites is 1. The highest BCUT2D eigenvalue weighted by molar-refractivity contribution is 5.52. The van der Waals surface area contributed by atoms with Crippen molar-refractivity contribution >= 4 is 5.69 Å². The Bertz CT molecular complexity index is 609. The summed E-state index contributed by atoms with van der Waals surface area (Å²) < 4.78 is 0. The zero-order chi connectivity index (χ0) is 15.1. The van der Waals surface area contributed by atoms with E-state index in [0.717, 1.165) is 25.1 Å². The molecule has 2 aromatic rings. The van der Waals surface area contributed by atoms with Crippen molar-refractivity contribution in [3.05, 3.63) is 65.7 Å². The van der Waals surface area contributed by atoms with Gasteiger partial charge in [0.2, 0.25) is 0 Å². The van der Waals surface area contributed by atoms with Gasteiger partial charge in [0.1, 0.15) is 0 Å². The van der Waals surface area contributed by atoms with Crippen LogP contribution in [0.4, 0.5) is 5.69 Å². The second kappa shape index (κ2) is 6.95. The Morgan fingerprint density at radius 1 is 1.00 bits per heavy atom. The number of benzene rings is 2. The molecule has 2 rings (SSSR count). The summed E-state index contributed by atoms with van der Waals surface area (Å²) in [7, 11) is 0. The van der Waals surface area contributed by atoms with Gasteiger partial charge in [-0.15, -0.1) is 0 Å². The summed E-state index contributed by atoms with van der Waals surface area (Å²) in [4.78, 5) is 0. The summed E-state index contributed by atoms with van der Waals surface area (Å²) in [6.45, 7) is 4.77. The van der Waals surface area contributed by atoms with Gasteiger partial charge >= 0.3 is 0 Å². The van der Waals surface area contributed by atoms with E-state index in [1.165, 1.54) is 11.1 Å². The molecule has 0 saturated carbocycles. The first-order valence-corrected chi connectivity index (χ1v) is 7.38. The largest absolute Gasteiger partial charge is 0.385 e. The number of nitrogens with zero attached hydrogens (tertiary/aromatic N) is 1. The highest BCUT2D eigenvalue weighted by atomic mass is 14.9. The highest BCUT2D eigenvalue weighted by Crippen LogP contribution is 2.22. The standard InChI is InChI=1S/C19H22N2/c1-19(2,15-20)12-13-21-18-11-7-6-10-17(18)14-16-8-4-3-5-9-16/h3-11,21H,12-14H2,1-2H3. The van der Waals surface area contributed by atoms with E-state index < -0.39 is 0 Å². The minimum absolute atomic E-state index is 0.276. The van der Waals surface area contributed by atoms with Crippen LogP contribution in [-0.2, 0) is 6.42 Å². The minimum atomic E-state index is -0.276. The summed E-state index contributed by atoms with van der Waals surface area (Å²) in [6.07, 6.45) is 1.76. The van der Waals surface area contributed by atoms with Crippen molar-refractivity contribution in [2.75, 3.05) is 11.9 Å². The Morgan fingerprint density at radius 3 is 2.38 bits per heavy atom. The lowest BCUT2D eigenvalue weighted by Crippen LogP contribution is -2.15. The van der Waals surface area contributed by atoms with Gasteiger partial charge in [-0.1, -0.05) is 48.5 Å². The maximum absolute atomic E-state index is 9.06. The SMILES string of the molecule is CC(C)(C#N)CCNc1ccccc1Cc1ccccc1. The van der Waals surface area contributed by atoms with E-state index >= 15 is 0 Å². The Hall–Kier alpha value is -2.27. The van der Waals surface area contributed by atoms with Crippen LogP contribution in [0.1, 0.15) is 31.4 Å². The van der Waals surface area contributed by atoms with Crippen molar-refractivity contribution in [2.24, 2.45) is 5.41 Å². The van der Waals surface area contributed by atoms with Crippen LogP contribution in [0.25, 0.3) is 0 Å². The number of anilines is 1. The third-order valence-corrected chi connectivity index (χ3v) is 3.62. The van der Waals surface area contributed by atoms with E-state index in [4.69, 9.17) is 5.26 Å². The molecule has 0 heterocycles. The van der Waals surface area contributed by atoms with Gasteiger partial charge in [0, 0.05) is 12.2 Å². The van der Waals surface area contributed by atoms with Crippen molar-refractivity contribution in [3.63, 3.8) is 0 Å². The third kappa shape index (κ3) is 4.65. The fourth-order valence-corrected chi connectivity index (χ4v) is 2.23. The lowest BCUT2D eigenvalue weighted by molar-refractivity contribution is 0.466. The fraction of sp³-hybridized carbons (Fsp3) is 0.316. The molecule has 21 heavy (non-hydrogen) atoms. The van der Waals surface area contributed by atoms with Crippen molar-refractivity contribution in [3.8, 4) is 6.07 Å². The molecule has 0 spiro atoms. The Balaban J connectivity index is 2.02. The molecular formula is C19H22N2. The van der Waals surface area contributed by atoms with Gasteiger partial charge in [0.05, 0.1) is 11.5 Å². The predicted octanol–water partition coefficient (Wildman–Crippen LogP) is 4.63. The average molecular weight is 278 g/mol. The van der Waals surface area contributed by atoms with Crippen LogP contribution in [0.3, 0.4) is 0 Å². The molecule has 2 nitrogen and oxygen atoms in total. The zero-order valence-corrected chi connectivity index (χ0v) is 12.8. The summed E-state index contributed by atoms with van der Waals surface area (Å²) in [5, 5.41) is 12.5. The first kappa shape index (κ1) is 15.1. The van der Waals surface area contributed by atoms with Gasteiger partial charge in [-0.2, -0.15) is 5.26 Å². The molecule has 1 N–H and O–H groups in total. The number of nitrogens with one attached hydrogen (secondary N) is 1. The molecule has 0 aliphatic rings. The summed E-state index contributed by atoms with van der Waals surface area (Å²) >= 11 is 0. The Labute approximate surface area is 127 Å². The fourth-order valence-electron chi connectivity index (χ4n) is 2.23. The monoisotopic (exact) mass is 278 g/mol. The molecule has 0 aliphatic carbocycles. The van der Waals surface area contributed by atoms with E-state index in [0.29, 0.717) is 0 Å². The van der Waals surface area contributed by atoms with Crippen molar-refractivity contribution in [1.82, 2.24) is 0 Å². The quantitative estimate of drug-likeness (QED) is 0.836. The predicted molar refractivity (Wildman–Crippen MR) is 88.2 cm³/mol. The number of rotatable bonds is 6. The van der Waals surface area contributed by atoms with Crippen molar-refractivity contribution in [1.29, 1.82) is 5.26 Å². The smallest absolute Gasteiger partial charge is 0.0684 e. The van der Waals surface area contributed by atoms with Gasteiger partial charge in [-0.05, 0) is 43.9 Å². The van der Waals surface area contributed by atoms with Crippen LogP contribution < -0.4 is 5.32 Å². The molecule has 2 heteroatoms. The molecule has 0 atom stereocenters. The van der Waals surface area contributed by atoms with Crippen LogP contribution in [0.2, 0.25) is 0 Å². The molecule has 0 aliphatic heterocycles. The second-order valence-electron chi connectivity index (χ2n) is 5.99. The lowest BCUT2D eigenvalue weighted by atomic mass is 9.91. The summed E-state index contributed by atoms with van der Waals surface area (Å²) in [5.41, 5.74) is 3.49. The van der Waals surface area contributed by atoms with E-state index in [2.05, 4.69) is 53.9 Å². The van der Waals surface area contributed by atoms with Gasteiger partial charge in [-0.25, -0.2) is 0 Å². The molecule has 0 radical (unpaired) electrons. The molecule has 2 aromatic carbocycles. The lowest BCUT2D eigenvalue weighted by Gasteiger charge is -2.17. The van der Waals surface area contributed by atoms with Gasteiger partial charge in [-0.3, -0.25) is 0 Å². The third-order valence-electron chi connectivity index (χ3n) is 3.62. The second-order valence-corrected chi connectivity index (χ2v) is 5.99. The van der Waals surface area contributed by atoms with Gasteiger partial charge in [0.25, 0.3) is 0 Å². The molecule has 0 saturated heterocycles. The van der Waals surface area contributed by atoms with E-state index in [9.17, 15) is 0 Å². The Morgan fingerprint density at radius 2 is 1.67 bits per heavy atom. The molecule has 0 bridgehead atoms. The molecule has 108 valence electrons. The highest BCUT2D eigenvalue weighted by Gasteiger charge is 2.15. The molecular weight excluding hydrogens is 256 g/mol. The topological polar surface area (TPSA) is 35.8 Å². The van der Waals surface area contributed by atoms with Gasteiger partial charge < -0.3 is 5.32 Å². The Kier molecular flexibility index (Phi) is 5.00. The van der Waals surface area contributed by atoms with E-state index in [1.807, 2.05) is 26.0 Å².